The molecule has 1 aliphatic rings. The number of nitrogens with two attached hydrogens (primary N) is 1. The van der Waals surface area contributed by atoms with Crippen LogP contribution in [0, 0.1) is 0 Å². The topological polar surface area (TPSA) is 113 Å². The van der Waals surface area contributed by atoms with E-state index in [-0.39, 0.29) is 6.10 Å². The highest BCUT2D eigenvalue weighted by Gasteiger charge is 2.53. The van der Waals surface area contributed by atoms with Crippen LogP contribution in [0.5, 0.6) is 0 Å². The van der Waals surface area contributed by atoms with Crippen LogP contribution < -0.4 is 5.73 Å². The number of cyclic esters (lactones) is 1. The van der Waals surface area contributed by atoms with E-state index in [4.69, 9.17) is 10.5 Å². The molecule has 158 valence electrons. The lowest BCUT2D eigenvalue weighted by atomic mass is 9.93. The summed E-state index contributed by atoms with van der Waals surface area (Å²) >= 11 is 0. The van der Waals surface area contributed by atoms with Crippen LogP contribution in [-0.2, 0) is 9.53 Å². The summed E-state index contributed by atoms with van der Waals surface area (Å²) in [7, 11) is 0. The Hall–Kier alpha value is -0.950. The number of carbonyl (C=O) groups is 1. The SMILES string of the molecule is CCCCCCC(O)CCCCCC/C=C/C[C@H]1OC(=O)[C@](N)(CO)[C@H]1O. The molecule has 1 fully saturated rings. The van der Waals surface area contributed by atoms with Crippen LogP contribution in [-0.4, -0.2) is 51.7 Å². The number of allylic oxidation sites excluding steroid dienone is 1. The van der Waals surface area contributed by atoms with Gasteiger partial charge >= 0.3 is 5.97 Å². The van der Waals surface area contributed by atoms with Crippen LogP contribution in [0.2, 0.25) is 0 Å². The Morgan fingerprint density at radius 2 is 1.74 bits per heavy atom. The molecule has 1 unspecified atom stereocenters. The van der Waals surface area contributed by atoms with Gasteiger partial charge in [0.25, 0.3) is 0 Å². The predicted octanol–water partition coefficient (Wildman–Crippen LogP) is 2.58. The van der Waals surface area contributed by atoms with Crippen molar-refractivity contribution in [3.63, 3.8) is 0 Å². The van der Waals surface area contributed by atoms with Crippen molar-refractivity contribution < 1.29 is 24.9 Å². The number of rotatable bonds is 15. The number of hydrogen-bond donors (Lipinski definition) is 4. The van der Waals surface area contributed by atoms with Crippen LogP contribution in [0.4, 0.5) is 0 Å². The first-order valence-corrected chi connectivity index (χ1v) is 10.6. The predicted molar refractivity (Wildman–Crippen MR) is 106 cm³/mol. The number of ether oxygens (including phenoxy) is 1. The molecule has 4 atom stereocenters. The molecule has 0 amide bonds. The second-order valence-corrected chi connectivity index (χ2v) is 7.79. The molecule has 1 rings (SSSR count). The van der Waals surface area contributed by atoms with Crippen molar-refractivity contribution in [3.8, 4) is 0 Å². The molecule has 0 saturated carbocycles. The maximum Gasteiger partial charge on any atom is 0.331 e. The maximum absolute atomic E-state index is 11.6. The van der Waals surface area contributed by atoms with Crippen molar-refractivity contribution in [2.24, 2.45) is 5.73 Å². The summed E-state index contributed by atoms with van der Waals surface area (Å²) in [6.45, 7) is 1.57. The molecule has 6 nitrogen and oxygen atoms in total. The first-order chi connectivity index (χ1) is 13.0. The third-order valence-electron chi connectivity index (χ3n) is 5.36. The van der Waals surface area contributed by atoms with Crippen molar-refractivity contribution in [2.45, 2.75) is 108 Å². The largest absolute Gasteiger partial charge is 0.458 e. The molecule has 0 aromatic carbocycles. The van der Waals surface area contributed by atoms with Gasteiger partial charge in [0.15, 0.2) is 5.54 Å². The molecule has 0 aromatic rings. The minimum Gasteiger partial charge on any atom is -0.458 e. The quantitative estimate of drug-likeness (QED) is 0.196. The van der Waals surface area contributed by atoms with E-state index in [9.17, 15) is 20.1 Å². The van der Waals surface area contributed by atoms with Gasteiger partial charge in [0.05, 0.1) is 12.7 Å². The third-order valence-corrected chi connectivity index (χ3v) is 5.36. The molecule has 0 bridgehead atoms. The fraction of sp³-hybridized carbons (Fsp3) is 0.857. The minimum absolute atomic E-state index is 0.143. The lowest BCUT2D eigenvalue weighted by molar-refractivity contribution is -0.146. The van der Waals surface area contributed by atoms with Gasteiger partial charge in [-0.3, -0.25) is 0 Å². The van der Waals surface area contributed by atoms with Gasteiger partial charge in [-0.2, -0.15) is 0 Å². The highest BCUT2D eigenvalue weighted by atomic mass is 16.6. The van der Waals surface area contributed by atoms with E-state index in [1.54, 1.807) is 0 Å². The fourth-order valence-electron chi connectivity index (χ4n) is 3.39. The number of unbranched alkanes of at least 4 members (excludes halogenated alkanes) is 7. The molecule has 0 aromatic heterocycles. The van der Waals surface area contributed by atoms with Crippen LogP contribution in [0.1, 0.15) is 84.0 Å². The van der Waals surface area contributed by atoms with E-state index in [2.05, 4.69) is 6.92 Å². The number of aliphatic hydroxyl groups excluding tert-OH is 3. The second-order valence-electron chi connectivity index (χ2n) is 7.79. The summed E-state index contributed by atoms with van der Waals surface area (Å²) in [6.07, 6.45) is 14.3. The Morgan fingerprint density at radius 3 is 2.33 bits per heavy atom. The van der Waals surface area contributed by atoms with Gasteiger partial charge < -0.3 is 25.8 Å². The van der Waals surface area contributed by atoms with Crippen LogP contribution in [0.25, 0.3) is 0 Å². The maximum atomic E-state index is 11.6. The van der Waals surface area contributed by atoms with E-state index in [1.165, 1.54) is 19.3 Å². The Morgan fingerprint density at radius 1 is 1.11 bits per heavy atom. The first kappa shape index (κ1) is 24.1. The number of hydrogen-bond acceptors (Lipinski definition) is 6. The van der Waals surface area contributed by atoms with Crippen LogP contribution >= 0.6 is 0 Å². The number of aliphatic hydroxyl groups is 3. The van der Waals surface area contributed by atoms with Crippen LogP contribution in [0.3, 0.4) is 0 Å². The molecular formula is C21H39NO5. The Labute approximate surface area is 163 Å². The van der Waals surface area contributed by atoms with E-state index in [0.717, 1.165) is 51.4 Å². The van der Waals surface area contributed by atoms with E-state index >= 15 is 0 Å². The summed E-state index contributed by atoms with van der Waals surface area (Å²) in [5, 5.41) is 29.1. The molecule has 5 N–H and O–H groups in total. The molecule has 1 saturated heterocycles. The number of esters is 1. The summed E-state index contributed by atoms with van der Waals surface area (Å²) in [4.78, 5) is 11.6. The van der Waals surface area contributed by atoms with E-state index in [1.807, 2.05) is 12.2 Å². The van der Waals surface area contributed by atoms with E-state index < -0.39 is 30.3 Å². The fourth-order valence-corrected chi connectivity index (χ4v) is 3.39. The zero-order valence-corrected chi connectivity index (χ0v) is 16.8. The monoisotopic (exact) mass is 385 g/mol. The smallest absolute Gasteiger partial charge is 0.331 e. The molecule has 1 aliphatic heterocycles. The first-order valence-electron chi connectivity index (χ1n) is 10.6. The molecule has 1 heterocycles. The van der Waals surface area contributed by atoms with Gasteiger partial charge in [-0.25, -0.2) is 4.79 Å². The Kier molecular flexibility index (Phi) is 11.8. The van der Waals surface area contributed by atoms with Crippen molar-refractivity contribution in [1.29, 1.82) is 0 Å². The summed E-state index contributed by atoms with van der Waals surface area (Å²) in [5.74, 6) is -0.747. The molecule has 0 aliphatic carbocycles. The van der Waals surface area contributed by atoms with Gasteiger partial charge in [-0.05, 0) is 25.7 Å². The van der Waals surface area contributed by atoms with Crippen molar-refractivity contribution in [1.82, 2.24) is 0 Å². The molecular weight excluding hydrogens is 346 g/mol. The zero-order valence-electron chi connectivity index (χ0n) is 16.8. The summed E-state index contributed by atoms with van der Waals surface area (Å²) in [6, 6.07) is 0. The number of carbonyl (C=O) groups excluding carboxylic acids is 1. The summed E-state index contributed by atoms with van der Waals surface area (Å²) in [5.41, 5.74) is 3.98. The Balaban J connectivity index is 2.02. The van der Waals surface area contributed by atoms with Gasteiger partial charge in [0, 0.05) is 6.42 Å². The molecule has 0 spiro atoms. The molecule has 6 heteroatoms. The van der Waals surface area contributed by atoms with Gasteiger partial charge in [0.2, 0.25) is 0 Å². The second kappa shape index (κ2) is 13.3. The third kappa shape index (κ3) is 8.30. The van der Waals surface area contributed by atoms with Crippen molar-refractivity contribution in [2.75, 3.05) is 6.61 Å². The molecule has 27 heavy (non-hydrogen) atoms. The van der Waals surface area contributed by atoms with Gasteiger partial charge in [0.1, 0.15) is 12.2 Å². The highest BCUT2D eigenvalue weighted by molar-refractivity contribution is 5.84. The van der Waals surface area contributed by atoms with Gasteiger partial charge in [-0.1, -0.05) is 64.0 Å². The van der Waals surface area contributed by atoms with Crippen molar-refractivity contribution in [3.05, 3.63) is 12.2 Å². The minimum atomic E-state index is -1.70. The van der Waals surface area contributed by atoms with Crippen LogP contribution in [0.15, 0.2) is 12.2 Å². The molecule has 0 radical (unpaired) electrons. The zero-order chi connectivity index (χ0) is 20.1. The van der Waals surface area contributed by atoms with Crippen molar-refractivity contribution >= 4 is 5.97 Å². The average Bonchev–Trinajstić information content (AvgIpc) is 2.88. The summed E-state index contributed by atoms with van der Waals surface area (Å²) < 4.78 is 5.05. The highest BCUT2D eigenvalue weighted by Crippen LogP contribution is 2.26. The lowest BCUT2D eigenvalue weighted by Gasteiger charge is -2.21. The van der Waals surface area contributed by atoms with E-state index in [0.29, 0.717) is 6.42 Å². The average molecular weight is 386 g/mol. The standard InChI is InChI=1S/C21H39NO5/c1-2-3-4-10-13-17(24)14-11-8-6-5-7-9-12-15-18-19(25)21(22,16-23)20(26)27-18/h9,12,17-19,23-25H,2-8,10-11,13-16,22H2,1H3/b12-9+/t17?,18-,19+,21+/m1/s1. The van der Waals surface area contributed by atoms with Gasteiger partial charge in [-0.15, -0.1) is 0 Å². The normalized spacial score (nSPS) is 26.6. The lowest BCUT2D eigenvalue weighted by Crippen LogP contribution is -2.57. The Bertz CT molecular complexity index is 442.